The van der Waals surface area contributed by atoms with Crippen LogP contribution in [0.1, 0.15) is 0 Å². The lowest BCUT2D eigenvalue weighted by molar-refractivity contribution is 0.0385. The molecule has 0 aliphatic rings. The molecule has 1 rings (SSSR count). The van der Waals surface area contributed by atoms with Crippen LogP contribution >= 0.6 is 0 Å². The van der Waals surface area contributed by atoms with E-state index < -0.39 is 0 Å². The zero-order valence-corrected chi connectivity index (χ0v) is 16.3. The second-order valence-electron chi connectivity index (χ2n) is 4.68. The van der Waals surface area contributed by atoms with E-state index in [1.807, 2.05) is 0 Å². The third-order valence-electron chi connectivity index (χ3n) is 2.61. The predicted octanol–water partition coefficient (Wildman–Crippen LogP) is 1.69. The van der Waals surface area contributed by atoms with Gasteiger partial charge in [-0.25, -0.2) is 0 Å². The topological polar surface area (TPSA) is 95.8 Å². The Labute approximate surface area is 156 Å². The highest BCUT2D eigenvalue weighted by Crippen LogP contribution is 2.21. The summed E-state index contributed by atoms with van der Waals surface area (Å²) in [5.74, 6) is -0.153. The molecule has 8 nitrogen and oxygen atoms in total. The van der Waals surface area contributed by atoms with Crippen molar-refractivity contribution in [3.8, 4) is 11.5 Å². The molecule has 1 aromatic rings. The van der Waals surface area contributed by atoms with E-state index in [0.717, 1.165) is 0 Å². The van der Waals surface area contributed by atoms with Crippen molar-refractivity contribution in [1.82, 2.24) is 0 Å². The lowest BCUT2D eigenvalue weighted by atomic mass is 10.3. The molecule has 0 radical (unpaired) electrons. The molecule has 0 saturated carbocycles. The van der Waals surface area contributed by atoms with Gasteiger partial charge in [-0.2, -0.15) is 0 Å². The van der Waals surface area contributed by atoms with Crippen molar-refractivity contribution in [3.63, 3.8) is 0 Å². The maximum absolute atomic E-state index is 8.67. The van der Waals surface area contributed by atoms with Crippen molar-refractivity contribution < 1.29 is 38.6 Å². The van der Waals surface area contributed by atoms with Crippen LogP contribution in [0.25, 0.3) is 0 Å². The van der Waals surface area contributed by atoms with Crippen LogP contribution < -0.4 is 0 Å². The van der Waals surface area contributed by atoms with Gasteiger partial charge in [-0.05, 0) is 12.1 Å². The summed E-state index contributed by atoms with van der Waals surface area (Å²) in [6, 6.07) is 6.15. The summed E-state index contributed by atoms with van der Waals surface area (Å²) in [5.41, 5.74) is 0. The van der Waals surface area contributed by atoms with Crippen molar-refractivity contribution in [2.24, 2.45) is 0 Å². The van der Waals surface area contributed by atoms with E-state index >= 15 is 0 Å². The molecule has 8 heteroatoms. The first kappa shape index (κ1) is 26.8. The summed E-state index contributed by atoms with van der Waals surface area (Å²) < 4.78 is 29.2. The molecule has 0 aliphatic heterocycles. The Bertz CT molecular complexity index is 329. The van der Waals surface area contributed by atoms with E-state index in [1.165, 1.54) is 12.1 Å². The van der Waals surface area contributed by atoms with Crippen LogP contribution in [0.2, 0.25) is 0 Å². The van der Waals surface area contributed by atoms with Crippen LogP contribution in [0.4, 0.5) is 0 Å². The molecule has 0 saturated heterocycles. The average molecular weight is 378 g/mol. The van der Waals surface area contributed by atoms with Crippen LogP contribution in [-0.4, -0.2) is 91.5 Å². The average Bonchev–Trinajstić information content (AvgIpc) is 2.65. The van der Waals surface area contributed by atoms with Gasteiger partial charge in [-0.15, -0.1) is 0 Å². The number of ether oxygens (including phenoxy) is 6. The largest absolute Gasteiger partial charge is 0.504 e. The molecule has 0 aliphatic carbocycles. The fourth-order valence-electron chi connectivity index (χ4n) is 1.24. The van der Waals surface area contributed by atoms with Crippen molar-refractivity contribution >= 4 is 0 Å². The first-order valence-electron chi connectivity index (χ1n) is 8.22. The van der Waals surface area contributed by atoms with Gasteiger partial charge in [0.2, 0.25) is 0 Å². The Morgan fingerprint density at radius 2 is 0.808 bits per heavy atom. The standard InChI is InChI=1S/2C6H14O3.C6H6O2/c2*1-7-3-5-9-6-4-8-2;7-5-3-1-2-4-6(5)8/h2*3-6H2,1-2H3;1-4,7-8H. The van der Waals surface area contributed by atoms with Gasteiger partial charge in [0.1, 0.15) is 0 Å². The zero-order chi connectivity index (χ0) is 19.9. The fourth-order valence-corrected chi connectivity index (χ4v) is 1.24. The number of rotatable bonds is 12. The van der Waals surface area contributed by atoms with E-state index in [1.54, 1.807) is 40.6 Å². The van der Waals surface area contributed by atoms with Crippen LogP contribution in [0.15, 0.2) is 24.3 Å². The van der Waals surface area contributed by atoms with E-state index in [4.69, 9.17) is 38.6 Å². The minimum atomic E-state index is -0.0764. The predicted molar refractivity (Wildman–Crippen MR) is 98.9 cm³/mol. The minimum absolute atomic E-state index is 0.0764. The fraction of sp³-hybridized carbons (Fsp3) is 0.667. The Hall–Kier alpha value is -1.42. The summed E-state index contributed by atoms with van der Waals surface area (Å²) in [7, 11) is 6.61. The second kappa shape index (κ2) is 23.6. The summed E-state index contributed by atoms with van der Waals surface area (Å²) in [6.45, 7) is 5.24. The van der Waals surface area contributed by atoms with Crippen molar-refractivity contribution in [2.45, 2.75) is 0 Å². The third kappa shape index (κ3) is 22.6. The number of methoxy groups -OCH3 is 4. The van der Waals surface area contributed by atoms with Crippen LogP contribution in [0.3, 0.4) is 0 Å². The van der Waals surface area contributed by atoms with Gasteiger partial charge < -0.3 is 38.6 Å². The molecule has 0 unspecified atom stereocenters. The second-order valence-corrected chi connectivity index (χ2v) is 4.68. The van der Waals surface area contributed by atoms with Gasteiger partial charge in [-0.1, -0.05) is 12.1 Å². The molecule has 26 heavy (non-hydrogen) atoms. The molecular weight excluding hydrogens is 344 g/mol. The molecule has 0 amide bonds. The summed E-state index contributed by atoms with van der Waals surface area (Å²) >= 11 is 0. The maximum atomic E-state index is 8.67. The number of para-hydroxylation sites is 2. The van der Waals surface area contributed by atoms with E-state index in [0.29, 0.717) is 52.9 Å². The van der Waals surface area contributed by atoms with Crippen molar-refractivity contribution in [1.29, 1.82) is 0 Å². The zero-order valence-electron chi connectivity index (χ0n) is 16.3. The Morgan fingerprint density at radius 3 is 1.00 bits per heavy atom. The van der Waals surface area contributed by atoms with Crippen molar-refractivity contribution in [3.05, 3.63) is 24.3 Å². The van der Waals surface area contributed by atoms with Crippen molar-refractivity contribution in [2.75, 3.05) is 81.3 Å². The smallest absolute Gasteiger partial charge is 0.157 e. The van der Waals surface area contributed by atoms with E-state index in [-0.39, 0.29) is 11.5 Å². The van der Waals surface area contributed by atoms with Gasteiger partial charge in [0.15, 0.2) is 11.5 Å². The lowest BCUT2D eigenvalue weighted by Crippen LogP contribution is -2.06. The molecule has 0 bridgehead atoms. The third-order valence-corrected chi connectivity index (χ3v) is 2.61. The number of benzene rings is 1. The Morgan fingerprint density at radius 1 is 0.538 bits per heavy atom. The lowest BCUT2D eigenvalue weighted by Gasteiger charge is -2.00. The molecule has 154 valence electrons. The molecule has 0 spiro atoms. The minimum Gasteiger partial charge on any atom is -0.504 e. The molecule has 0 fully saturated rings. The Kier molecular flexibility index (Phi) is 24.3. The molecule has 0 aromatic heterocycles. The van der Waals surface area contributed by atoms with E-state index in [2.05, 4.69) is 0 Å². The van der Waals surface area contributed by atoms with Crippen LogP contribution in [0.5, 0.6) is 11.5 Å². The number of phenolic OH excluding ortho intramolecular Hbond substituents is 2. The van der Waals surface area contributed by atoms with Gasteiger partial charge in [0.25, 0.3) is 0 Å². The highest BCUT2D eigenvalue weighted by molar-refractivity contribution is 5.36. The van der Waals surface area contributed by atoms with Gasteiger partial charge in [0, 0.05) is 28.4 Å². The quantitative estimate of drug-likeness (QED) is 0.419. The highest BCUT2D eigenvalue weighted by atomic mass is 16.5. The molecule has 0 atom stereocenters. The normalized spacial score (nSPS) is 9.69. The first-order chi connectivity index (χ1) is 12.6. The van der Waals surface area contributed by atoms with Gasteiger partial charge >= 0.3 is 0 Å². The Balaban J connectivity index is 0. The molecule has 1 aromatic carbocycles. The highest BCUT2D eigenvalue weighted by Gasteiger charge is 1.90. The number of hydrogen-bond donors (Lipinski definition) is 2. The van der Waals surface area contributed by atoms with Gasteiger partial charge in [-0.3, -0.25) is 0 Å². The summed E-state index contributed by atoms with van der Waals surface area (Å²) in [5, 5.41) is 17.3. The van der Waals surface area contributed by atoms with Crippen LogP contribution in [-0.2, 0) is 28.4 Å². The maximum Gasteiger partial charge on any atom is 0.157 e. The van der Waals surface area contributed by atoms with E-state index in [9.17, 15) is 0 Å². The van der Waals surface area contributed by atoms with Crippen LogP contribution in [0, 0.1) is 0 Å². The molecule has 2 N–H and O–H groups in total. The molecular formula is C18H34O8. The summed E-state index contributed by atoms with van der Waals surface area (Å²) in [6.07, 6.45) is 0. The number of hydrogen-bond acceptors (Lipinski definition) is 8. The number of aromatic hydroxyl groups is 2. The monoisotopic (exact) mass is 378 g/mol. The first-order valence-corrected chi connectivity index (χ1v) is 8.22. The number of phenols is 2. The molecule has 0 heterocycles. The summed E-state index contributed by atoms with van der Waals surface area (Å²) in [4.78, 5) is 0. The SMILES string of the molecule is COCCOCCOC.COCCOCCOC.Oc1ccccc1O. The van der Waals surface area contributed by atoms with Gasteiger partial charge in [0.05, 0.1) is 52.9 Å².